The smallest absolute Gasteiger partial charge is 1.00 e. The van der Waals surface area contributed by atoms with Crippen molar-refractivity contribution in [2.75, 3.05) is 0 Å². The molecule has 0 N–H and O–H groups in total. The van der Waals surface area contributed by atoms with Gasteiger partial charge in [-0.15, -0.1) is 0 Å². The summed E-state index contributed by atoms with van der Waals surface area (Å²) in [6.45, 7) is 8.69. The van der Waals surface area contributed by atoms with Gasteiger partial charge in [-0.2, -0.15) is 0 Å². The first-order valence-corrected chi connectivity index (χ1v) is 12.2. The Hall–Kier alpha value is -1.60. The summed E-state index contributed by atoms with van der Waals surface area (Å²) in [6, 6.07) is 0. The van der Waals surface area contributed by atoms with Crippen molar-refractivity contribution in [2.45, 2.75) is 27.7 Å². The van der Waals surface area contributed by atoms with E-state index in [0.717, 1.165) is 11.1 Å². The molecule has 2 aliphatic heterocycles. The van der Waals surface area contributed by atoms with Gasteiger partial charge in [0.05, 0.1) is 0 Å². The van der Waals surface area contributed by atoms with Crippen molar-refractivity contribution in [2.24, 2.45) is 0 Å². The minimum atomic E-state index is 0. The van der Waals surface area contributed by atoms with Crippen molar-refractivity contribution >= 4 is 38.1 Å². The van der Waals surface area contributed by atoms with E-state index in [1.807, 2.05) is 24.8 Å². The molecule has 0 saturated heterocycles. The summed E-state index contributed by atoms with van der Waals surface area (Å²) in [5.74, 6) is 0. The van der Waals surface area contributed by atoms with Gasteiger partial charge in [0, 0.05) is 46.5 Å². The fraction of sp³-hybridized carbons (Fsp3) is 0.154. The largest absolute Gasteiger partial charge is 2.00 e. The predicted octanol–water partition coefficient (Wildman–Crippen LogP) is 0.458. The number of fused-ring (bicyclic) bond motifs is 2. The average Bonchev–Trinajstić information content (AvgIpc) is 3.53. The van der Waals surface area contributed by atoms with Crippen LogP contribution in [0.15, 0.2) is 94.7 Å². The van der Waals surface area contributed by atoms with Gasteiger partial charge in [-0.1, -0.05) is 16.4 Å². The molecule has 174 valence electrons. The van der Waals surface area contributed by atoms with Crippen LogP contribution in [-0.2, 0) is 26.2 Å². The Morgan fingerprint density at radius 1 is 0.514 bits per heavy atom. The van der Waals surface area contributed by atoms with Crippen LogP contribution >= 0.6 is 16.4 Å². The van der Waals surface area contributed by atoms with E-state index in [1.54, 1.807) is 12.7 Å². The summed E-state index contributed by atoms with van der Waals surface area (Å²) < 4.78 is 0. The Morgan fingerprint density at radius 2 is 0.857 bits per heavy atom. The molecule has 0 radical (unpaired) electrons. The van der Waals surface area contributed by atoms with E-state index in [0.29, 0.717) is 0 Å². The zero-order valence-corrected chi connectivity index (χ0v) is 25.5. The molecular formula is C26H22Cl2N4P2Zr. The maximum absolute atomic E-state index is 4.08. The second-order valence-electron chi connectivity index (χ2n) is 8.06. The minimum Gasteiger partial charge on any atom is -1.00 e. The summed E-state index contributed by atoms with van der Waals surface area (Å²) in [5, 5.41) is 5.70. The number of halogens is 2. The molecule has 0 saturated carbocycles. The van der Waals surface area contributed by atoms with Crippen molar-refractivity contribution in [3.05, 3.63) is 106 Å². The van der Waals surface area contributed by atoms with Crippen LogP contribution < -0.4 is 24.8 Å². The molecule has 0 atom stereocenters. The van der Waals surface area contributed by atoms with Crippen LogP contribution in [0.4, 0.5) is 0 Å². The number of allylic oxidation sites excluding steroid dienone is 12. The first kappa shape index (κ1) is 29.6. The van der Waals surface area contributed by atoms with E-state index >= 15 is 0 Å². The number of aromatic nitrogens is 4. The molecule has 6 rings (SSSR count). The molecule has 35 heavy (non-hydrogen) atoms. The van der Waals surface area contributed by atoms with Gasteiger partial charge in [0.25, 0.3) is 0 Å². The van der Waals surface area contributed by atoms with Gasteiger partial charge < -0.3 is 24.8 Å². The standard InChI is InChI=1S/2C13H11N2P.2ClH.Zr/c2*1-8-3-11(10-5-14-7-15-6-10)12-4-9(2)16-13(8)12;;;/h2*3-7H,1-2H3;2*1H;/q;;;;+2/p-2. The normalized spacial score (nSPS) is 17.6. The van der Waals surface area contributed by atoms with Crippen LogP contribution in [0.25, 0.3) is 11.1 Å². The first-order chi connectivity index (χ1) is 15.5. The van der Waals surface area contributed by atoms with E-state index < -0.39 is 0 Å². The molecule has 2 aliphatic carbocycles. The second kappa shape index (κ2) is 12.6. The molecule has 0 amide bonds. The van der Waals surface area contributed by atoms with E-state index in [9.17, 15) is 0 Å². The molecule has 9 heteroatoms. The van der Waals surface area contributed by atoms with Gasteiger partial charge in [0.1, 0.15) is 12.7 Å². The van der Waals surface area contributed by atoms with Crippen LogP contribution in [0.3, 0.4) is 0 Å². The molecule has 4 aliphatic rings. The van der Waals surface area contributed by atoms with E-state index in [4.69, 9.17) is 0 Å². The van der Waals surface area contributed by atoms with Crippen molar-refractivity contribution in [1.82, 2.24) is 19.9 Å². The monoisotopic (exact) mass is 612 g/mol. The maximum Gasteiger partial charge on any atom is 2.00 e. The Labute approximate surface area is 241 Å². The number of nitrogens with zero attached hydrogens (tertiary/aromatic N) is 4. The van der Waals surface area contributed by atoms with Gasteiger partial charge in [-0.25, -0.2) is 19.9 Å². The van der Waals surface area contributed by atoms with Gasteiger partial charge in [-0.05, 0) is 96.0 Å². The zero-order valence-electron chi connectivity index (χ0n) is 19.7. The van der Waals surface area contributed by atoms with Gasteiger partial charge >= 0.3 is 26.2 Å². The molecular weight excluding hydrogens is 592 g/mol. The molecule has 0 unspecified atom stereocenters. The molecule has 0 bridgehead atoms. The van der Waals surface area contributed by atoms with Crippen LogP contribution in [0.1, 0.15) is 38.8 Å². The molecule has 4 heterocycles. The predicted molar refractivity (Wildman–Crippen MR) is 137 cm³/mol. The van der Waals surface area contributed by atoms with Crippen molar-refractivity contribution in [3.63, 3.8) is 0 Å². The summed E-state index contributed by atoms with van der Waals surface area (Å²) >= 11 is 0. The third-order valence-corrected chi connectivity index (χ3v) is 8.18. The van der Waals surface area contributed by atoms with E-state index in [1.165, 1.54) is 71.1 Å². The van der Waals surface area contributed by atoms with Gasteiger partial charge in [-0.3, -0.25) is 0 Å². The number of hydrogen-bond acceptors (Lipinski definition) is 4. The second-order valence-corrected chi connectivity index (χ2v) is 10.8. The molecule has 2 aromatic rings. The topological polar surface area (TPSA) is 51.6 Å². The molecule has 0 aromatic carbocycles. The van der Waals surface area contributed by atoms with Crippen LogP contribution in [0.2, 0.25) is 0 Å². The van der Waals surface area contributed by atoms with E-state index in [2.05, 4.69) is 71.9 Å². The molecule has 0 fully saturated rings. The fourth-order valence-electron chi connectivity index (χ4n) is 4.18. The SMILES string of the molecule is CC1=PC2=C(C)C=C(c3cncnc3)C2=C1.CC1=PC2=C(C)C=C(c3cncnc3)C2=C1.[Cl-].[Cl-].[Zr+2]. The molecule has 2 aromatic heterocycles. The molecule has 0 spiro atoms. The van der Waals surface area contributed by atoms with Crippen molar-refractivity contribution in [3.8, 4) is 0 Å². The Bertz CT molecular complexity index is 1280. The third-order valence-electron chi connectivity index (χ3n) is 5.59. The number of rotatable bonds is 2. The van der Waals surface area contributed by atoms with Crippen molar-refractivity contribution < 1.29 is 51.0 Å². The van der Waals surface area contributed by atoms with Crippen LogP contribution in [0.5, 0.6) is 0 Å². The Morgan fingerprint density at radius 3 is 1.20 bits per heavy atom. The molecule has 4 nitrogen and oxygen atoms in total. The number of hydrogen-bond donors (Lipinski definition) is 0. The van der Waals surface area contributed by atoms with Gasteiger partial charge in [0.15, 0.2) is 0 Å². The van der Waals surface area contributed by atoms with Crippen molar-refractivity contribution in [1.29, 1.82) is 0 Å². The average molecular weight is 615 g/mol. The maximum atomic E-state index is 4.08. The summed E-state index contributed by atoms with van der Waals surface area (Å²) in [5.41, 5.74) is 10.2. The van der Waals surface area contributed by atoms with Crippen LogP contribution in [-0.4, -0.2) is 30.5 Å². The van der Waals surface area contributed by atoms with Gasteiger partial charge in [0.2, 0.25) is 0 Å². The third kappa shape index (κ3) is 6.04. The van der Waals surface area contributed by atoms with E-state index in [-0.39, 0.29) is 51.0 Å². The Balaban J connectivity index is 0.000000227. The zero-order chi connectivity index (χ0) is 22.2. The first-order valence-electron chi connectivity index (χ1n) is 10.4. The Kier molecular flexibility index (Phi) is 10.6. The summed E-state index contributed by atoms with van der Waals surface area (Å²) in [6.07, 6.45) is 19.6. The summed E-state index contributed by atoms with van der Waals surface area (Å²) in [4.78, 5) is 16.3. The fourth-order valence-corrected chi connectivity index (χ4v) is 6.37. The minimum absolute atomic E-state index is 0. The summed E-state index contributed by atoms with van der Waals surface area (Å²) in [7, 11) is 2.69. The quantitative estimate of drug-likeness (QED) is 0.462. The van der Waals surface area contributed by atoms with Crippen LogP contribution in [0, 0.1) is 0 Å².